The summed E-state index contributed by atoms with van der Waals surface area (Å²) in [7, 11) is 1.16. The Morgan fingerprint density at radius 2 is 2.13 bits per heavy atom. The van der Waals surface area contributed by atoms with E-state index in [1.54, 1.807) is 0 Å². The summed E-state index contributed by atoms with van der Waals surface area (Å²) in [6.07, 6.45) is 0. The van der Waals surface area contributed by atoms with E-state index in [0.29, 0.717) is 0 Å². The molecule has 0 aliphatic heterocycles. The maximum atomic E-state index is 11.9. The molecule has 0 amide bonds. The van der Waals surface area contributed by atoms with Gasteiger partial charge in [-0.3, -0.25) is 0 Å². The molecule has 1 N–H and O–H groups in total. The second-order valence-corrected chi connectivity index (χ2v) is 2.55. The minimum absolute atomic E-state index is 0.0194. The number of rotatable bonds is 3. The SMILES string of the molecule is COC(=O)c1ccc(O)c(OC(F)F)c1. The molecule has 0 heterocycles. The van der Waals surface area contributed by atoms with Crippen LogP contribution in [0.1, 0.15) is 10.4 Å². The lowest BCUT2D eigenvalue weighted by Crippen LogP contribution is -2.05. The number of hydrogen-bond donors (Lipinski definition) is 1. The molecule has 0 saturated heterocycles. The van der Waals surface area contributed by atoms with Crippen molar-refractivity contribution >= 4 is 5.97 Å². The number of esters is 1. The van der Waals surface area contributed by atoms with Crippen LogP contribution < -0.4 is 4.74 Å². The molecule has 0 aromatic heterocycles. The number of methoxy groups -OCH3 is 1. The maximum Gasteiger partial charge on any atom is 0.387 e. The maximum absolute atomic E-state index is 11.9. The second-order valence-electron chi connectivity index (χ2n) is 2.55. The van der Waals surface area contributed by atoms with Crippen LogP contribution in [-0.2, 0) is 4.74 Å². The minimum Gasteiger partial charge on any atom is -0.504 e. The normalized spacial score (nSPS) is 10.1. The summed E-state index contributed by atoms with van der Waals surface area (Å²) < 4.78 is 32.1. The molecule has 1 aromatic carbocycles. The molecule has 0 unspecified atom stereocenters. The Bertz CT molecular complexity index is 365. The number of ether oxygens (including phenoxy) is 2. The topological polar surface area (TPSA) is 55.8 Å². The number of aromatic hydroxyl groups is 1. The van der Waals surface area contributed by atoms with E-state index in [9.17, 15) is 13.6 Å². The summed E-state index contributed by atoms with van der Waals surface area (Å²) in [5.74, 6) is -1.63. The number of phenolic OH excluding ortho intramolecular Hbond substituents is 1. The summed E-state index contributed by atoms with van der Waals surface area (Å²) in [4.78, 5) is 11.0. The first-order chi connectivity index (χ1) is 7.04. The van der Waals surface area contributed by atoms with E-state index < -0.39 is 24.1 Å². The third-order valence-corrected chi connectivity index (χ3v) is 1.60. The lowest BCUT2D eigenvalue weighted by molar-refractivity contribution is -0.0513. The quantitative estimate of drug-likeness (QED) is 0.785. The van der Waals surface area contributed by atoms with Crippen molar-refractivity contribution in [1.82, 2.24) is 0 Å². The fourth-order valence-corrected chi connectivity index (χ4v) is 0.949. The van der Waals surface area contributed by atoms with Crippen molar-refractivity contribution in [2.45, 2.75) is 6.61 Å². The molecular formula is C9H8F2O4. The molecule has 1 aromatic rings. The van der Waals surface area contributed by atoms with Gasteiger partial charge in [-0.05, 0) is 18.2 Å². The van der Waals surface area contributed by atoms with Gasteiger partial charge in [0.1, 0.15) is 0 Å². The lowest BCUT2D eigenvalue weighted by atomic mass is 10.2. The van der Waals surface area contributed by atoms with Gasteiger partial charge in [-0.2, -0.15) is 8.78 Å². The van der Waals surface area contributed by atoms with E-state index in [-0.39, 0.29) is 5.56 Å². The standard InChI is InChI=1S/C9H8F2O4/c1-14-8(13)5-2-3-6(12)7(4-5)15-9(10)11/h2-4,9,12H,1H3. The molecule has 0 saturated carbocycles. The minimum atomic E-state index is -3.07. The fraction of sp³-hybridized carbons (Fsp3) is 0.222. The largest absolute Gasteiger partial charge is 0.504 e. The number of carbonyl (C=O) groups excluding carboxylic acids is 1. The Morgan fingerprint density at radius 3 is 2.67 bits per heavy atom. The second kappa shape index (κ2) is 4.59. The van der Waals surface area contributed by atoms with Gasteiger partial charge in [0.2, 0.25) is 0 Å². The van der Waals surface area contributed by atoms with E-state index >= 15 is 0 Å². The molecule has 0 fully saturated rings. The predicted octanol–water partition coefficient (Wildman–Crippen LogP) is 1.78. The van der Waals surface area contributed by atoms with Crippen molar-refractivity contribution < 1.29 is 28.2 Å². The number of alkyl halides is 2. The summed E-state index contributed by atoms with van der Waals surface area (Å²) in [5, 5.41) is 9.13. The Hall–Kier alpha value is -1.85. The zero-order chi connectivity index (χ0) is 11.4. The first-order valence-electron chi connectivity index (χ1n) is 3.90. The molecule has 82 valence electrons. The van der Waals surface area contributed by atoms with Gasteiger partial charge in [0, 0.05) is 0 Å². The zero-order valence-electron chi connectivity index (χ0n) is 7.74. The van der Waals surface area contributed by atoms with Gasteiger partial charge in [0.25, 0.3) is 0 Å². The number of halogens is 2. The van der Waals surface area contributed by atoms with E-state index in [2.05, 4.69) is 9.47 Å². The molecule has 0 bridgehead atoms. The molecule has 4 nitrogen and oxygen atoms in total. The third-order valence-electron chi connectivity index (χ3n) is 1.60. The summed E-state index contributed by atoms with van der Waals surface area (Å²) in [6.45, 7) is -3.07. The Labute approximate surface area is 84.0 Å². The van der Waals surface area contributed by atoms with Crippen molar-refractivity contribution in [1.29, 1.82) is 0 Å². The highest BCUT2D eigenvalue weighted by Gasteiger charge is 2.13. The van der Waals surface area contributed by atoms with E-state index in [1.165, 1.54) is 6.07 Å². The Balaban J connectivity index is 2.99. The van der Waals surface area contributed by atoms with Gasteiger partial charge in [0.15, 0.2) is 11.5 Å². The molecule has 0 radical (unpaired) electrons. The van der Waals surface area contributed by atoms with Crippen LogP contribution in [0, 0.1) is 0 Å². The average molecular weight is 218 g/mol. The predicted molar refractivity (Wildman–Crippen MR) is 46.1 cm³/mol. The molecular weight excluding hydrogens is 210 g/mol. The Kier molecular flexibility index (Phi) is 3.43. The molecule has 0 aliphatic rings. The van der Waals surface area contributed by atoms with Crippen molar-refractivity contribution in [2.24, 2.45) is 0 Å². The number of benzene rings is 1. The Morgan fingerprint density at radius 1 is 1.47 bits per heavy atom. The lowest BCUT2D eigenvalue weighted by Gasteiger charge is -2.07. The number of hydrogen-bond acceptors (Lipinski definition) is 4. The van der Waals surface area contributed by atoms with Crippen LogP contribution in [0.4, 0.5) is 8.78 Å². The van der Waals surface area contributed by atoms with Gasteiger partial charge in [0.05, 0.1) is 12.7 Å². The van der Waals surface area contributed by atoms with Gasteiger partial charge in [-0.1, -0.05) is 0 Å². The highest BCUT2D eigenvalue weighted by molar-refractivity contribution is 5.90. The highest BCUT2D eigenvalue weighted by atomic mass is 19.3. The van der Waals surface area contributed by atoms with Crippen molar-refractivity contribution in [3.8, 4) is 11.5 Å². The van der Waals surface area contributed by atoms with Crippen LogP contribution in [-0.4, -0.2) is 24.8 Å². The van der Waals surface area contributed by atoms with Crippen LogP contribution in [0.15, 0.2) is 18.2 Å². The van der Waals surface area contributed by atoms with Crippen LogP contribution in [0.25, 0.3) is 0 Å². The van der Waals surface area contributed by atoms with Crippen LogP contribution in [0.3, 0.4) is 0 Å². The van der Waals surface area contributed by atoms with Crippen LogP contribution in [0.5, 0.6) is 11.5 Å². The molecule has 15 heavy (non-hydrogen) atoms. The van der Waals surface area contributed by atoms with Gasteiger partial charge in [-0.15, -0.1) is 0 Å². The summed E-state index contributed by atoms with van der Waals surface area (Å²) in [6, 6.07) is 3.29. The summed E-state index contributed by atoms with van der Waals surface area (Å²) >= 11 is 0. The molecule has 0 atom stereocenters. The van der Waals surface area contributed by atoms with Crippen molar-refractivity contribution in [3.05, 3.63) is 23.8 Å². The van der Waals surface area contributed by atoms with Gasteiger partial charge in [-0.25, -0.2) is 4.79 Å². The van der Waals surface area contributed by atoms with E-state index in [4.69, 9.17) is 5.11 Å². The monoisotopic (exact) mass is 218 g/mol. The van der Waals surface area contributed by atoms with E-state index in [0.717, 1.165) is 19.2 Å². The number of phenols is 1. The fourth-order valence-electron chi connectivity index (χ4n) is 0.949. The molecule has 0 spiro atoms. The van der Waals surface area contributed by atoms with Crippen molar-refractivity contribution in [2.75, 3.05) is 7.11 Å². The van der Waals surface area contributed by atoms with Gasteiger partial charge < -0.3 is 14.6 Å². The van der Waals surface area contributed by atoms with Crippen LogP contribution >= 0.6 is 0 Å². The summed E-state index contributed by atoms with van der Waals surface area (Å²) in [5.41, 5.74) is 0.0194. The van der Waals surface area contributed by atoms with Crippen molar-refractivity contribution in [3.63, 3.8) is 0 Å². The third kappa shape index (κ3) is 2.80. The van der Waals surface area contributed by atoms with Gasteiger partial charge >= 0.3 is 12.6 Å². The molecule has 0 aliphatic carbocycles. The molecule has 1 rings (SSSR count). The number of carbonyl (C=O) groups is 1. The van der Waals surface area contributed by atoms with E-state index in [1.807, 2.05) is 0 Å². The first-order valence-corrected chi connectivity index (χ1v) is 3.90. The van der Waals surface area contributed by atoms with Crippen LogP contribution in [0.2, 0.25) is 0 Å². The average Bonchev–Trinajstić information content (AvgIpc) is 2.19. The zero-order valence-corrected chi connectivity index (χ0v) is 7.74. The molecule has 6 heteroatoms. The highest BCUT2D eigenvalue weighted by Crippen LogP contribution is 2.28. The smallest absolute Gasteiger partial charge is 0.387 e. The first kappa shape index (κ1) is 11.2.